The van der Waals surface area contributed by atoms with Crippen LogP contribution >= 0.6 is 0 Å². The van der Waals surface area contributed by atoms with Crippen LogP contribution < -0.4 is 5.32 Å². The van der Waals surface area contributed by atoms with Crippen LogP contribution in [-0.4, -0.2) is 51.8 Å². The minimum Gasteiger partial charge on any atom is -0.362 e. The van der Waals surface area contributed by atoms with Crippen LogP contribution in [0, 0.1) is 5.92 Å². The standard InChI is InChI=1S/C9H14F3NO4S/c10-9(11,12)6-17-4-8(14)13-3-7-1-2-18(15,16)5-7/h7H,1-6H2,(H,13,14). The minimum absolute atomic E-state index is 0.0106. The highest BCUT2D eigenvalue weighted by Crippen LogP contribution is 2.17. The molecule has 1 unspecified atom stereocenters. The van der Waals surface area contributed by atoms with Gasteiger partial charge in [-0.05, 0) is 12.3 Å². The lowest BCUT2D eigenvalue weighted by atomic mass is 10.1. The molecule has 1 fully saturated rings. The number of hydrogen-bond donors (Lipinski definition) is 1. The van der Waals surface area contributed by atoms with Crippen LogP contribution in [-0.2, 0) is 19.4 Å². The summed E-state index contributed by atoms with van der Waals surface area (Å²) in [5.41, 5.74) is 0. The number of nitrogens with one attached hydrogen (secondary N) is 1. The second-order valence-corrected chi connectivity index (χ2v) is 6.41. The Balaban J connectivity index is 2.15. The van der Waals surface area contributed by atoms with E-state index in [0.717, 1.165) is 0 Å². The first kappa shape index (κ1) is 15.2. The molecule has 1 aliphatic heterocycles. The molecule has 0 aromatic carbocycles. The van der Waals surface area contributed by atoms with Crippen molar-refractivity contribution in [3.63, 3.8) is 0 Å². The monoisotopic (exact) mass is 289 g/mol. The summed E-state index contributed by atoms with van der Waals surface area (Å²) in [4.78, 5) is 11.1. The number of ether oxygens (including phenoxy) is 1. The van der Waals surface area contributed by atoms with Gasteiger partial charge in [0.25, 0.3) is 0 Å². The highest BCUT2D eigenvalue weighted by atomic mass is 32.2. The molecule has 0 aromatic heterocycles. The first-order valence-corrected chi connectivity index (χ1v) is 7.12. The van der Waals surface area contributed by atoms with E-state index >= 15 is 0 Å². The second-order valence-electron chi connectivity index (χ2n) is 4.18. The van der Waals surface area contributed by atoms with E-state index in [-0.39, 0.29) is 24.0 Å². The Bertz CT molecular complexity index is 393. The quantitative estimate of drug-likeness (QED) is 0.780. The number of sulfone groups is 1. The Hall–Kier alpha value is -0.830. The largest absolute Gasteiger partial charge is 0.411 e. The fourth-order valence-electron chi connectivity index (χ4n) is 1.60. The molecule has 1 rings (SSSR count). The highest BCUT2D eigenvalue weighted by molar-refractivity contribution is 7.91. The molecule has 1 aliphatic rings. The molecule has 18 heavy (non-hydrogen) atoms. The lowest BCUT2D eigenvalue weighted by molar-refractivity contribution is -0.175. The van der Waals surface area contributed by atoms with E-state index in [2.05, 4.69) is 10.1 Å². The van der Waals surface area contributed by atoms with Crippen molar-refractivity contribution < 1.29 is 31.1 Å². The third kappa shape index (κ3) is 6.20. The number of amides is 1. The molecular formula is C9H14F3NO4S. The van der Waals surface area contributed by atoms with Crippen molar-refractivity contribution in [3.05, 3.63) is 0 Å². The van der Waals surface area contributed by atoms with Crippen molar-refractivity contribution in [2.75, 3.05) is 31.3 Å². The third-order valence-corrected chi connectivity index (χ3v) is 4.25. The third-order valence-electron chi connectivity index (χ3n) is 2.41. The van der Waals surface area contributed by atoms with Crippen LogP contribution in [0.25, 0.3) is 0 Å². The van der Waals surface area contributed by atoms with E-state index < -0.39 is 35.1 Å². The van der Waals surface area contributed by atoms with E-state index in [1.165, 1.54) is 0 Å². The van der Waals surface area contributed by atoms with Gasteiger partial charge in [-0.25, -0.2) is 8.42 Å². The van der Waals surface area contributed by atoms with Crippen LogP contribution in [0.1, 0.15) is 6.42 Å². The Morgan fingerprint density at radius 3 is 2.56 bits per heavy atom. The molecule has 5 nitrogen and oxygen atoms in total. The molecule has 106 valence electrons. The molecule has 1 N–H and O–H groups in total. The Kier molecular flexibility index (Phi) is 4.97. The smallest absolute Gasteiger partial charge is 0.362 e. The first-order chi connectivity index (χ1) is 8.18. The summed E-state index contributed by atoms with van der Waals surface area (Å²) in [6, 6.07) is 0. The number of rotatable bonds is 5. The van der Waals surface area contributed by atoms with Gasteiger partial charge in [0.1, 0.15) is 13.2 Å². The summed E-state index contributed by atoms with van der Waals surface area (Å²) in [7, 11) is -3.01. The van der Waals surface area contributed by atoms with E-state index in [4.69, 9.17) is 0 Å². The number of halogens is 3. The molecule has 1 heterocycles. The van der Waals surface area contributed by atoms with Crippen LogP contribution in [0.3, 0.4) is 0 Å². The molecule has 0 aromatic rings. The molecule has 1 amide bonds. The van der Waals surface area contributed by atoms with Gasteiger partial charge in [-0.15, -0.1) is 0 Å². The Labute approximate surface area is 103 Å². The van der Waals surface area contributed by atoms with E-state index in [1.807, 2.05) is 0 Å². The molecule has 0 aliphatic carbocycles. The SMILES string of the molecule is O=C(COCC(F)(F)F)NCC1CCS(=O)(=O)C1. The normalized spacial score (nSPS) is 22.9. The zero-order chi connectivity index (χ0) is 13.8. The van der Waals surface area contributed by atoms with Crippen molar-refractivity contribution in [1.82, 2.24) is 5.32 Å². The average molecular weight is 289 g/mol. The maximum absolute atomic E-state index is 11.7. The van der Waals surface area contributed by atoms with Crippen LogP contribution in [0.5, 0.6) is 0 Å². The van der Waals surface area contributed by atoms with Gasteiger partial charge in [0.15, 0.2) is 9.84 Å². The minimum atomic E-state index is -4.46. The number of carbonyl (C=O) groups is 1. The number of alkyl halides is 3. The Morgan fingerprint density at radius 1 is 1.39 bits per heavy atom. The van der Waals surface area contributed by atoms with Gasteiger partial charge < -0.3 is 10.1 Å². The number of hydrogen-bond acceptors (Lipinski definition) is 4. The molecular weight excluding hydrogens is 275 g/mol. The van der Waals surface area contributed by atoms with Crippen LogP contribution in [0.2, 0.25) is 0 Å². The summed E-state index contributed by atoms with van der Waals surface area (Å²) in [6.07, 6.45) is -3.99. The van der Waals surface area contributed by atoms with Gasteiger partial charge in [-0.1, -0.05) is 0 Å². The summed E-state index contributed by atoms with van der Waals surface area (Å²) in [6.45, 7) is -2.01. The lowest BCUT2D eigenvalue weighted by Gasteiger charge is -2.10. The maximum atomic E-state index is 11.7. The van der Waals surface area contributed by atoms with Gasteiger partial charge >= 0.3 is 6.18 Å². The van der Waals surface area contributed by atoms with Crippen LogP contribution in [0.4, 0.5) is 13.2 Å². The summed E-state index contributed by atoms with van der Waals surface area (Å²) in [5, 5.41) is 2.35. The zero-order valence-electron chi connectivity index (χ0n) is 9.50. The van der Waals surface area contributed by atoms with Crippen molar-refractivity contribution in [2.24, 2.45) is 5.92 Å². The molecule has 9 heteroatoms. The van der Waals surface area contributed by atoms with Crippen molar-refractivity contribution >= 4 is 15.7 Å². The predicted octanol–water partition coefficient (Wildman–Crippen LogP) is 0.116. The first-order valence-electron chi connectivity index (χ1n) is 5.29. The van der Waals surface area contributed by atoms with Gasteiger partial charge in [-0.2, -0.15) is 13.2 Å². The van der Waals surface area contributed by atoms with E-state index in [9.17, 15) is 26.4 Å². The van der Waals surface area contributed by atoms with Gasteiger partial charge in [-0.3, -0.25) is 4.79 Å². The fourth-order valence-corrected chi connectivity index (χ4v) is 3.46. The van der Waals surface area contributed by atoms with Crippen LogP contribution in [0.15, 0.2) is 0 Å². The molecule has 0 radical (unpaired) electrons. The lowest BCUT2D eigenvalue weighted by Crippen LogP contribution is -2.33. The zero-order valence-corrected chi connectivity index (χ0v) is 10.3. The molecule has 0 spiro atoms. The Morgan fingerprint density at radius 2 is 2.06 bits per heavy atom. The summed E-state index contributed by atoms with van der Waals surface area (Å²) < 4.78 is 61.5. The molecule has 1 saturated heterocycles. The predicted molar refractivity (Wildman–Crippen MR) is 56.6 cm³/mol. The van der Waals surface area contributed by atoms with E-state index in [0.29, 0.717) is 6.42 Å². The van der Waals surface area contributed by atoms with Crippen molar-refractivity contribution in [2.45, 2.75) is 12.6 Å². The molecule has 1 atom stereocenters. The van der Waals surface area contributed by atoms with E-state index in [1.54, 1.807) is 0 Å². The number of carbonyl (C=O) groups excluding carboxylic acids is 1. The maximum Gasteiger partial charge on any atom is 0.411 e. The average Bonchev–Trinajstić information content (AvgIpc) is 2.53. The van der Waals surface area contributed by atoms with Gasteiger partial charge in [0.2, 0.25) is 5.91 Å². The van der Waals surface area contributed by atoms with Gasteiger partial charge in [0.05, 0.1) is 11.5 Å². The summed E-state index contributed by atoms with van der Waals surface area (Å²) in [5.74, 6) is -0.737. The van der Waals surface area contributed by atoms with Crippen molar-refractivity contribution in [1.29, 1.82) is 0 Å². The van der Waals surface area contributed by atoms with Gasteiger partial charge in [0, 0.05) is 6.54 Å². The summed E-state index contributed by atoms with van der Waals surface area (Å²) >= 11 is 0. The second kappa shape index (κ2) is 5.87. The molecule has 0 bridgehead atoms. The topological polar surface area (TPSA) is 72.5 Å². The highest BCUT2D eigenvalue weighted by Gasteiger charge is 2.29. The van der Waals surface area contributed by atoms with Crippen molar-refractivity contribution in [3.8, 4) is 0 Å². The fraction of sp³-hybridized carbons (Fsp3) is 0.889. The molecule has 0 saturated carbocycles.